The van der Waals surface area contributed by atoms with E-state index < -0.39 is 6.10 Å². The number of esters is 3. The van der Waals surface area contributed by atoms with Crippen molar-refractivity contribution in [1.29, 1.82) is 0 Å². The molecule has 0 amide bonds. The number of ether oxygens (including phenoxy) is 3. The monoisotopic (exact) mass is 933 g/mol. The first-order chi connectivity index (χ1) is 32.4. The second-order valence-electron chi connectivity index (χ2n) is 20.9. The molecule has 0 spiro atoms. The molecular weight excluding hydrogens is 817 g/mol. The van der Waals surface area contributed by atoms with E-state index in [1.165, 1.54) is 238 Å². The molecule has 392 valence electrons. The fraction of sp³-hybridized carbons (Fsp3) is 0.950. The van der Waals surface area contributed by atoms with Crippen molar-refractivity contribution in [2.24, 2.45) is 5.92 Å². The first-order valence-electron chi connectivity index (χ1n) is 29.9. The molecule has 66 heavy (non-hydrogen) atoms. The molecule has 0 aliphatic heterocycles. The number of hydrogen-bond acceptors (Lipinski definition) is 6. The van der Waals surface area contributed by atoms with E-state index in [9.17, 15) is 14.4 Å². The van der Waals surface area contributed by atoms with E-state index in [0.717, 1.165) is 63.7 Å². The maximum Gasteiger partial charge on any atom is 0.306 e. The van der Waals surface area contributed by atoms with E-state index in [2.05, 4.69) is 27.7 Å². The van der Waals surface area contributed by atoms with Gasteiger partial charge < -0.3 is 14.2 Å². The second-order valence-corrected chi connectivity index (χ2v) is 20.9. The van der Waals surface area contributed by atoms with Crippen LogP contribution in [-0.2, 0) is 28.6 Å². The predicted molar refractivity (Wildman–Crippen MR) is 284 cm³/mol. The summed E-state index contributed by atoms with van der Waals surface area (Å²) in [6.07, 6.45) is 59.5. The third kappa shape index (κ3) is 51.8. The summed E-state index contributed by atoms with van der Waals surface area (Å²) in [6.45, 7) is 9.11. The fourth-order valence-corrected chi connectivity index (χ4v) is 9.25. The molecule has 0 bridgehead atoms. The minimum Gasteiger partial charge on any atom is -0.462 e. The van der Waals surface area contributed by atoms with Crippen LogP contribution >= 0.6 is 0 Å². The van der Waals surface area contributed by atoms with Crippen molar-refractivity contribution < 1.29 is 28.6 Å². The van der Waals surface area contributed by atoms with Crippen LogP contribution < -0.4 is 0 Å². The first kappa shape index (κ1) is 64.4. The number of hydrogen-bond donors (Lipinski definition) is 0. The van der Waals surface area contributed by atoms with Crippen LogP contribution in [0.4, 0.5) is 0 Å². The molecule has 0 heterocycles. The summed E-state index contributed by atoms with van der Waals surface area (Å²) < 4.78 is 16.9. The number of carbonyl (C=O) groups excluding carboxylic acids is 3. The van der Waals surface area contributed by atoms with Gasteiger partial charge in [-0.3, -0.25) is 14.4 Å². The summed E-state index contributed by atoms with van der Waals surface area (Å²) >= 11 is 0. The molecule has 0 aromatic rings. The molecule has 0 fully saturated rings. The Bertz CT molecular complexity index is 998. The Hall–Kier alpha value is -1.59. The lowest BCUT2D eigenvalue weighted by Gasteiger charge is -2.18. The molecule has 0 N–H and O–H groups in total. The van der Waals surface area contributed by atoms with Crippen LogP contribution in [0.5, 0.6) is 0 Å². The lowest BCUT2D eigenvalue weighted by molar-refractivity contribution is -0.167. The zero-order valence-electron chi connectivity index (χ0n) is 45.2. The molecule has 2 atom stereocenters. The van der Waals surface area contributed by atoms with E-state index in [4.69, 9.17) is 14.2 Å². The molecule has 1 unspecified atom stereocenters. The Morgan fingerprint density at radius 2 is 0.530 bits per heavy atom. The van der Waals surface area contributed by atoms with Crippen molar-refractivity contribution in [1.82, 2.24) is 0 Å². The molecule has 0 rings (SSSR count). The van der Waals surface area contributed by atoms with Crippen molar-refractivity contribution in [3.8, 4) is 0 Å². The van der Waals surface area contributed by atoms with Gasteiger partial charge in [-0.25, -0.2) is 0 Å². The molecule has 0 radical (unpaired) electrons. The average Bonchev–Trinajstić information content (AvgIpc) is 3.32. The topological polar surface area (TPSA) is 78.9 Å². The van der Waals surface area contributed by atoms with Crippen molar-refractivity contribution in [3.63, 3.8) is 0 Å². The van der Waals surface area contributed by atoms with Crippen LogP contribution in [0.3, 0.4) is 0 Å². The standard InChI is InChI=1S/C60H116O6/c1-5-8-10-12-14-16-18-20-28-33-37-41-45-49-53-60(63)66-57(54-64-58(61)51-47-43-39-35-31-19-17-15-13-11-9-6-2)55-65-59(62)52-48-44-40-36-32-29-26-24-22-21-23-25-27-30-34-38-42-46-50-56(4)7-3/h56-57H,5-55H2,1-4H3/t56?,57-/m1/s1. The zero-order valence-corrected chi connectivity index (χ0v) is 45.2. The first-order valence-corrected chi connectivity index (χ1v) is 29.9. The highest BCUT2D eigenvalue weighted by atomic mass is 16.6. The zero-order chi connectivity index (χ0) is 48.1. The van der Waals surface area contributed by atoms with Crippen LogP contribution in [0.25, 0.3) is 0 Å². The lowest BCUT2D eigenvalue weighted by Crippen LogP contribution is -2.30. The average molecular weight is 934 g/mol. The predicted octanol–water partition coefficient (Wildman–Crippen LogP) is 19.8. The van der Waals surface area contributed by atoms with Gasteiger partial charge >= 0.3 is 17.9 Å². The van der Waals surface area contributed by atoms with Gasteiger partial charge in [0.15, 0.2) is 6.10 Å². The van der Waals surface area contributed by atoms with Crippen LogP contribution in [0.15, 0.2) is 0 Å². The van der Waals surface area contributed by atoms with Crippen LogP contribution in [-0.4, -0.2) is 37.2 Å². The highest BCUT2D eigenvalue weighted by Crippen LogP contribution is 2.19. The van der Waals surface area contributed by atoms with Gasteiger partial charge in [-0.2, -0.15) is 0 Å². The van der Waals surface area contributed by atoms with E-state index in [1.807, 2.05) is 0 Å². The normalized spacial score (nSPS) is 12.4. The van der Waals surface area contributed by atoms with Gasteiger partial charge in [0.2, 0.25) is 0 Å². The molecule has 0 aromatic heterocycles. The Balaban J connectivity index is 4.21. The van der Waals surface area contributed by atoms with Gasteiger partial charge in [0.05, 0.1) is 0 Å². The van der Waals surface area contributed by atoms with E-state index >= 15 is 0 Å². The molecular formula is C60H116O6. The van der Waals surface area contributed by atoms with Gasteiger partial charge in [-0.1, -0.05) is 304 Å². The lowest BCUT2D eigenvalue weighted by atomic mass is 9.99. The van der Waals surface area contributed by atoms with E-state index in [-0.39, 0.29) is 31.1 Å². The maximum absolute atomic E-state index is 12.8. The Morgan fingerprint density at radius 1 is 0.303 bits per heavy atom. The molecule has 0 saturated carbocycles. The number of carbonyl (C=O) groups is 3. The summed E-state index contributed by atoms with van der Waals surface area (Å²) in [5.74, 6) is 0.0763. The Kier molecular flexibility index (Phi) is 53.0. The van der Waals surface area contributed by atoms with E-state index in [1.54, 1.807) is 0 Å². The highest BCUT2D eigenvalue weighted by molar-refractivity contribution is 5.71. The van der Waals surface area contributed by atoms with Crippen molar-refractivity contribution >= 4 is 17.9 Å². The summed E-state index contributed by atoms with van der Waals surface area (Å²) in [4.78, 5) is 38.1. The number of unbranched alkanes of at least 4 members (excludes halogenated alkanes) is 41. The van der Waals surface area contributed by atoms with Gasteiger partial charge in [-0.05, 0) is 25.2 Å². The summed E-state index contributed by atoms with van der Waals surface area (Å²) in [6, 6.07) is 0. The summed E-state index contributed by atoms with van der Waals surface area (Å²) in [5, 5.41) is 0. The summed E-state index contributed by atoms with van der Waals surface area (Å²) in [7, 11) is 0. The third-order valence-corrected chi connectivity index (χ3v) is 14.2. The van der Waals surface area contributed by atoms with Crippen molar-refractivity contribution in [2.75, 3.05) is 13.2 Å². The second kappa shape index (κ2) is 54.4. The summed E-state index contributed by atoms with van der Waals surface area (Å²) in [5.41, 5.74) is 0. The van der Waals surface area contributed by atoms with Gasteiger partial charge in [0.1, 0.15) is 13.2 Å². The fourth-order valence-electron chi connectivity index (χ4n) is 9.25. The third-order valence-electron chi connectivity index (χ3n) is 14.2. The Morgan fingerprint density at radius 3 is 0.788 bits per heavy atom. The molecule has 6 nitrogen and oxygen atoms in total. The number of rotatable bonds is 55. The molecule has 0 aromatic carbocycles. The molecule has 0 saturated heterocycles. The molecule has 0 aliphatic carbocycles. The van der Waals surface area contributed by atoms with Crippen LogP contribution in [0, 0.1) is 5.92 Å². The minimum atomic E-state index is -0.761. The SMILES string of the molecule is CCCCCCCCCCCCCCCCC(=O)O[C@H](COC(=O)CCCCCCCCCCCCCC)COC(=O)CCCCCCCCCCCCCCCCCCCCC(C)CC. The van der Waals surface area contributed by atoms with Crippen LogP contribution in [0.1, 0.15) is 342 Å². The van der Waals surface area contributed by atoms with Crippen molar-refractivity contribution in [3.05, 3.63) is 0 Å². The largest absolute Gasteiger partial charge is 0.462 e. The van der Waals surface area contributed by atoms with Gasteiger partial charge in [0.25, 0.3) is 0 Å². The highest BCUT2D eigenvalue weighted by Gasteiger charge is 2.19. The van der Waals surface area contributed by atoms with Gasteiger partial charge in [-0.15, -0.1) is 0 Å². The van der Waals surface area contributed by atoms with E-state index in [0.29, 0.717) is 19.3 Å². The van der Waals surface area contributed by atoms with Crippen LogP contribution in [0.2, 0.25) is 0 Å². The minimum absolute atomic E-state index is 0.0616. The Labute approximate surface area is 412 Å². The maximum atomic E-state index is 12.8. The smallest absolute Gasteiger partial charge is 0.306 e. The van der Waals surface area contributed by atoms with Crippen molar-refractivity contribution in [2.45, 2.75) is 348 Å². The quantitative estimate of drug-likeness (QED) is 0.0343. The van der Waals surface area contributed by atoms with Gasteiger partial charge in [0, 0.05) is 19.3 Å². The molecule has 0 aliphatic rings. The molecule has 6 heteroatoms.